The van der Waals surface area contributed by atoms with Crippen LogP contribution in [-0.2, 0) is 0 Å². The van der Waals surface area contributed by atoms with Gasteiger partial charge in [-0.1, -0.05) is 24.3 Å². The van der Waals surface area contributed by atoms with Crippen LogP contribution in [0.5, 0.6) is 0 Å². The zero-order chi connectivity index (χ0) is 15.2. The van der Waals surface area contributed by atoms with Gasteiger partial charge in [0.1, 0.15) is 12.0 Å². The number of aromatic nitrogens is 6. The smallest absolute Gasteiger partial charge is 0.251 e. The van der Waals surface area contributed by atoms with Gasteiger partial charge in [0, 0.05) is 17.6 Å². The van der Waals surface area contributed by atoms with Crippen LogP contribution in [0.15, 0.2) is 53.3 Å². The molecule has 0 saturated heterocycles. The zero-order valence-corrected chi connectivity index (χ0v) is 11.7. The fourth-order valence-electron chi connectivity index (χ4n) is 2.56. The third-order valence-electron chi connectivity index (χ3n) is 3.67. The second-order valence-electron chi connectivity index (χ2n) is 5.07. The topological polar surface area (TPSA) is 90.5 Å². The Bertz CT molecular complexity index is 1180. The van der Waals surface area contributed by atoms with Crippen molar-refractivity contribution in [2.24, 2.45) is 0 Å². The lowest BCUT2D eigenvalue weighted by molar-refractivity contribution is 0.648. The van der Waals surface area contributed by atoms with Crippen LogP contribution in [0.2, 0.25) is 0 Å². The van der Waals surface area contributed by atoms with Gasteiger partial charge in [-0.15, -0.1) is 20.4 Å². The standard InChI is InChI=1S/C16H8N6O/c1-2-4-10-7-17-11(5-9(10)3-1)12-6-13-14(22-20-12)15-16(23-13)18-8-19-21-15/h1-8H. The van der Waals surface area contributed by atoms with E-state index in [-0.39, 0.29) is 0 Å². The van der Waals surface area contributed by atoms with Gasteiger partial charge in [0.15, 0.2) is 16.6 Å². The zero-order valence-electron chi connectivity index (χ0n) is 11.7. The van der Waals surface area contributed by atoms with Crippen molar-refractivity contribution in [3.05, 3.63) is 48.9 Å². The van der Waals surface area contributed by atoms with Crippen molar-refractivity contribution in [1.82, 2.24) is 30.4 Å². The molecule has 0 saturated carbocycles. The highest BCUT2D eigenvalue weighted by Crippen LogP contribution is 2.26. The summed E-state index contributed by atoms with van der Waals surface area (Å²) in [5.41, 5.74) is 3.38. The highest BCUT2D eigenvalue weighted by molar-refractivity contribution is 5.98. The van der Waals surface area contributed by atoms with Crippen LogP contribution in [0.1, 0.15) is 0 Å². The van der Waals surface area contributed by atoms with E-state index in [1.807, 2.05) is 36.5 Å². The molecule has 0 aliphatic rings. The minimum atomic E-state index is 0.396. The summed E-state index contributed by atoms with van der Waals surface area (Å²) in [7, 11) is 0. The molecule has 0 amide bonds. The number of pyridine rings is 1. The summed E-state index contributed by atoms with van der Waals surface area (Å²) >= 11 is 0. The second kappa shape index (κ2) is 4.51. The molecule has 7 nitrogen and oxygen atoms in total. The van der Waals surface area contributed by atoms with E-state index in [0.29, 0.717) is 28.0 Å². The lowest BCUT2D eigenvalue weighted by atomic mass is 10.1. The number of fused-ring (bicyclic) bond motifs is 4. The summed E-state index contributed by atoms with van der Waals surface area (Å²) in [5.74, 6) is 0. The molecule has 0 aliphatic carbocycles. The third kappa shape index (κ3) is 1.83. The Hall–Kier alpha value is -3.48. The molecule has 0 spiro atoms. The Labute approximate surface area is 129 Å². The molecular weight excluding hydrogens is 292 g/mol. The van der Waals surface area contributed by atoms with E-state index in [1.165, 1.54) is 6.33 Å². The van der Waals surface area contributed by atoms with Crippen LogP contribution in [0.3, 0.4) is 0 Å². The minimum absolute atomic E-state index is 0.396. The Morgan fingerprint density at radius 3 is 2.65 bits per heavy atom. The molecular formula is C16H8N6O. The molecule has 5 rings (SSSR count). The van der Waals surface area contributed by atoms with Crippen molar-refractivity contribution in [3.8, 4) is 11.4 Å². The van der Waals surface area contributed by atoms with Gasteiger partial charge < -0.3 is 4.42 Å². The Morgan fingerprint density at radius 2 is 1.70 bits per heavy atom. The Kier molecular flexibility index (Phi) is 2.37. The van der Waals surface area contributed by atoms with Crippen molar-refractivity contribution in [1.29, 1.82) is 0 Å². The first kappa shape index (κ1) is 12.1. The molecule has 0 unspecified atom stereocenters. The number of furan rings is 1. The first-order chi connectivity index (χ1) is 11.4. The SMILES string of the molecule is c1ccc2cc(-c3cc4oc5ncnnc5c4nn3)ncc2c1. The summed E-state index contributed by atoms with van der Waals surface area (Å²) in [6.45, 7) is 0. The van der Waals surface area contributed by atoms with Gasteiger partial charge in [-0.2, -0.15) is 4.98 Å². The molecule has 0 aliphatic heterocycles. The fraction of sp³-hybridized carbons (Fsp3) is 0. The Balaban J connectivity index is 1.73. The van der Waals surface area contributed by atoms with Crippen LogP contribution in [0, 0.1) is 0 Å². The number of benzene rings is 1. The van der Waals surface area contributed by atoms with Gasteiger partial charge >= 0.3 is 0 Å². The lowest BCUT2D eigenvalue weighted by Gasteiger charge is -2.01. The van der Waals surface area contributed by atoms with E-state index in [1.54, 1.807) is 6.07 Å². The highest BCUT2D eigenvalue weighted by atomic mass is 16.3. The van der Waals surface area contributed by atoms with Gasteiger partial charge in [0.05, 0.1) is 5.69 Å². The lowest BCUT2D eigenvalue weighted by Crippen LogP contribution is -1.91. The maximum absolute atomic E-state index is 5.66. The number of rotatable bonds is 1. The first-order valence-electron chi connectivity index (χ1n) is 6.97. The monoisotopic (exact) mass is 300 g/mol. The molecule has 1 aromatic carbocycles. The predicted octanol–water partition coefficient (Wildman–Crippen LogP) is 2.78. The average molecular weight is 300 g/mol. The molecule has 108 valence electrons. The van der Waals surface area contributed by atoms with Gasteiger partial charge in [-0.05, 0) is 11.5 Å². The van der Waals surface area contributed by atoms with E-state index in [9.17, 15) is 0 Å². The van der Waals surface area contributed by atoms with Crippen LogP contribution < -0.4 is 0 Å². The second-order valence-corrected chi connectivity index (χ2v) is 5.07. The molecule has 23 heavy (non-hydrogen) atoms. The van der Waals surface area contributed by atoms with E-state index in [4.69, 9.17) is 4.42 Å². The summed E-state index contributed by atoms with van der Waals surface area (Å²) in [6.07, 6.45) is 3.16. The summed E-state index contributed by atoms with van der Waals surface area (Å²) in [6, 6.07) is 11.8. The van der Waals surface area contributed by atoms with Crippen LogP contribution in [0.25, 0.3) is 44.5 Å². The van der Waals surface area contributed by atoms with Crippen LogP contribution >= 0.6 is 0 Å². The quantitative estimate of drug-likeness (QED) is 0.470. The normalized spacial score (nSPS) is 11.5. The maximum Gasteiger partial charge on any atom is 0.251 e. The number of nitrogens with zero attached hydrogens (tertiary/aromatic N) is 6. The average Bonchev–Trinajstić information content (AvgIpc) is 2.99. The predicted molar refractivity (Wildman–Crippen MR) is 83.4 cm³/mol. The van der Waals surface area contributed by atoms with Gasteiger partial charge in [-0.3, -0.25) is 4.98 Å². The number of hydrogen-bond acceptors (Lipinski definition) is 7. The molecule has 0 fully saturated rings. The molecule has 0 bridgehead atoms. The summed E-state index contributed by atoms with van der Waals surface area (Å²) in [4.78, 5) is 8.49. The van der Waals surface area contributed by atoms with E-state index in [0.717, 1.165) is 16.5 Å². The van der Waals surface area contributed by atoms with Crippen molar-refractivity contribution in [3.63, 3.8) is 0 Å². The Morgan fingerprint density at radius 1 is 0.783 bits per heavy atom. The van der Waals surface area contributed by atoms with Crippen LogP contribution in [-0.4, -0.2) is 30.4 Å². The van der Waals surface area contributed by atoms with Crippen LogP contribution in [0.4, 0.5) is 0 Å². The van der Waals surface area contributed by atoms with Gasteiger partial charge in [0.2, 0.25) is 0 Å². The number of hydrogen-bond donors (Lipinski definition) is 0. The highest BCUT2D eigenvalue weighted by Gasteiger charge is 2.13. The molecule has 4 heterocycles. The molecule has 5 aromatic rings. The van der Waals surface area contributed by atoms with Crippen molar-refractivity contribution >= 4 is 33.1 Å². The fourth-order valence-corrected chi connectivity index (χ4v) is 2.56. The molecule has 0 radical (unpaired) electrons. The van der Waals surface area contributed by atoms with Gasteiger partial charge in [-0.25, -0.2) is 0 Å². The van der Waals surface area contributed by atoms with Crippen molar-refractivity contribution < 1.29 is 4.42 Å². The molecule has 4 aromatic heterocycles. The largest absolute Gasteiger partial charge is 0.434 e. The minimum Gasteiger partial charge on any atom is -0.434 e. The third-order valence-corrected chi connectivity index (χ3v) is 3.67. The molecule has 7 heteroatoms. The molecule has 0 N–H and O–H groups in total. The summed E-state index contributed by atoms with van der Waals surface area (Å²) < 4.78 is 5.66. The van der Waals surface area contributed by atoms with E-state index in [2.05, 4.69) is 30.4 Å². The molecule has 0 atom stereocenters. The van der Waals surface area contributed by atoms with Crippen molar-refractivity contribution in [2.75, 3.05) is 0 Å². The maximum atomic E-state index is 5.66. The summed E-state index contributed by atoms with van der Waals surface area (Å²) in [5, 5.41) is 18.3. The van der Waals surface area contributed by atoms with E-state index >= 15 is 0 Å². The van der Waals surface area contributed by atoms with E-state index < -0.39 is 0 Å². The van der Waals surface area contributed by atoms with Gasteiger partial charge in [0.25, 0.3) is 5.71 Å². The first-order valence-corrected chi connectivity index (χ1v) is 6.97. The van der Waals surface area contributed by atoms with Crippen molar-refractivity contribution in [2.45, 2.75) is 0 Å².